The van der Waals surface area contributed by atoms with E-state index in [4.69, 9.17) is 25.8 Å². The lowest BCUT2D eigenvalue weighted by molar-refractivity contribution is -0.136. The Labute approximate surface area is 131 Å². The number of ether oxygens (including phenoxy) is 3. The molecule has 2 aliphatic heterocycles. The monoisotopic (exact) mass is 324 g/mol. The molecular formula is C14H13ClN2O5. The number of nitrogens with one attached hydrogen (secondary N) is 2. The summed E-state index contributed by atoms with van der Waals surface area (Å²) in [6.45, 7) is 1.73. The molecule has 0 saturated heterocycles. The normalized spacial score (nSPS) is 19.6. The summed E-state index contributed by atoms with van der Waals surface area (Å²) < 4.78 is 15.4. The molecule has 2 amide bonds. The Morgan fingerprint density at radius 1 is 1.36 bits per heavy atom. The van der Waals surface area contributed by atoms with Crippen molar-refractivity contribution in [1.82, 2.24) is 10.6 Å². The van der Waals surface area contributed by atoms with Crippen molar-refractivity contribution in [3.8, 4) is 11.5 Å². The minimum atomic E-state index is -0.733. The first-order valence-electron chi connectivity index (χ1n) is 6.47. The van der Waals surface area contributed by atoms with Crippen LogP contribution in [0.1, 0.15) is 18.5 Å². The van der Waals surface area contributed by atoms with E-state index in [2.05, 4.69) is 10.6 Å². The van der Waals surface area contributed by atoms with Crippen LogP contribution in [0, 0.1) is 0 Å². The molecule has 0 radical (unpaired) electrons. The van der Waals surface area contributed by atoms with Gasteiger partial charge in [0, 0.05) is 17.3 Å². The lowest BCUT2D eigenvalue weighted by Gasteiger charge is -2.28. The molecule has 0 aromatic heterocycles. The highest BCUT2D eigenvalue weighted by Gasteiger charge is 2.34. The van der Waals surface area contributed by atoms with Crippen LogP contribution in [-0.2, 0) is 9.53 Å². The van der Waals surface area contributed by atoms with E-state index in [1.165, 1.54) is 7.11 Å². The summed E-state index contributed by atoms with van der Waals surface area (Å²) in [6.07, 6.45) is 0. The number of halogens is 1. The van der Waals surface area contributed by atoms with E-state index in [0.717, 1.165) is 0 Å². The number of rotatable bonds is 2. The van der Waals surface area contributed by atoms with Crippen molar-refractivity contribution >= 4 is 23.6 Å². The van der Waals surface area contributed by atoms with Crippen molar-refractivity contribution in [2.75, 3.05) is 13.9 Å². The molecule has 22 heavy (non-hydrogen) atoms. The second-order valence-electron chi connectivity index (χ2n) is 4.79. The van der Waals surface area contributed by atoms with Crippen LogP contribution in [0.25, 0.3) is 0 Å². The fraction of sp³-hybridized carbons (Fsp3) is 0.286. The molecule has 0 spiro atoms. The van der Waals surface area contributed by atoms with E-state index in [1.54, 1.807) is 19.1 Å². The number of benzene rings is 1. The van der Waals surface area contributed by atoms with E-state index in [1.807, 2.05) is 0 Å². The minimum Gasteiger partial charge on any atom is -0.466 e. The first kappa shape index (κ1) is 14.5. The SMILES string of the molecule is COC(=O)C1=C(C)NC(=O)N[C@@H]1c1cc2c(cc1Cl)OCO2. The molecule has 0 fully saturated rings. The highest BCUT2D eigenvalue weighted by Crippen LogP contribution is 2.41. The largest absolute Gasteiger partial charge is 0.466 e. The average molecular weight is 325 g/mol. The van der Waals surface area contributed by atoms with Gasteiger partial charge in [0.15, 0.2) is 11.5 Å². The zero-order valence-electron chi connectivity index (χ0n) is 11.9. The molecule has 1 aromatic rings. The molecule has 2 N–H and O–H groups in total. The molecule has 0 saturated carbocycles. The molecule has 2 heterocycles. The van der Waals surface area contributed by atoms with Gasteiger partial charge in [0.2, 0.25) is 6.79 Å². The lowest BCUT2D eigenvalue weighted by atomic mass is 9.95. The van der Waals surface area contributed by atoms with Gasteiger partial charge in [-0.1, -0.05) is 11.6 Å². The Bertz CT molecular complexity index is 701. The van der Waals surface area contributed by atoms with Crippen molar-refractivity contribution in [1.29, 1.82) is 0 Å². The maximum absolute atomic E-state index is 12.0. The van der Waals surface area contributed by atoms with Gasteiger partial charge in [-0.05, 0) is 13.0 Å². The quantitative estimate of drug-likeness (QED) is 0.811. The van der Waals surface area contributed by atoms with Gasteiger partial charge < -0.3 is 24.8 Å². The Kier molecular flexibility index (Phi) is 3.58. The molecular weight excluding hydrogens is 312 g/mol. The average Bonchev–Trinajstić information content (AvgIpc) is 2.91. The first-order chi connectivity index (χ1) is 10.5. The predicted octanol–water partition coefficient (Wildman–Crippen LogP) is 1.87. The number of urea groups is 1. The zero-order valence-corrected chi connectivity index (χ0v) is 12.6. The number of carbonyl (C=O) groups excluding carboxylic acids is 2. The number of allylic oxidation sites excluding steroid dienone is 1. The van der Waals surface area contributed by atoms with E-state index in [-0.39, 0.29) is 12.4 Å². The standard InChI is InChI=1S/C14H13ClN2O5/c1-6-11(13(18)20-2)12(17-14(19)16-6)7-3-9-10(4-8(7)15)22-5-21-9/h3-4,12H,5H2,1-2H3,(H2,16,17,19)/t12-/m1/s1. The topological polar surface area (TPSA) is 85.9 Å². The second-order valence-corrected chi connectivity index (χ2v) is 5.20. The smallest absolute Gasteiger partial charge is 0.337 e. The van der Waals surface area contributed by atoms with E-state index >= 15 is 0 Å². The van der Waals surface area contributed by atoms with E-state index in [0.29, 0.717) is 27.8 Å². The third kappa shape index (κ3) is 2.33. The zero-order chi connectivity index (χ0) is 15.9. The Hall–Kier alpha value is -2.41. The fourth-order valence-corrected chi connectivity index (χ4v) is 2.72. The fourth-order valence-electron chi connectivity index (χ4n) is 2.46. The number of methoxy groups -OCH3 is 1. The van der Waals surface area contributed by atoms with Crippen molar-refractivity contribution < 1.29 is 23.8 Å². The van der Waals surface area contributed by atoms with E-state index < -0.39 is 18.0 Å². The molecule has 0 bridgehead atoms. The van der Waals surface area contributed by atoms with E-state index in [9.17, 15) is 9.59 Å². The molecule has 2 aliphatic rings. The first-order valence-corrected chi connectivity index (χ1v) is 6.84. The van der Waals surface area contributed by atoms with Gasteiger partial charge in [0.05, 0.1) is 23.7 Å². The Morgan fingerprint density at radius 3 is 2.73 bits per heavy atom. The van der Waals surface area contributed by atoms with Crippen LogP contribution in [0.15, 0.2) is 23.4 Å². The summed E-state index contributed by atoms with van der Waals surface area (Å²) in [7, 11) is 1.28. The van der Waals surface area contributed by atoms with Crippen LogP contribution < -0.4 is 20.1 Å². The van der Waals surface area contributed by atoms with Crippen molar-refractivity contribution in [3.63, 3.8) is 0 Å². The van der Waals surface area contributed by atoms with Crippen LogP contribution in [0.2, 0.25) is 5.02 Å². The minimum absolute atomic E-state index is 0.104. The number of carbonyl (C=O) groups is 2. The lowest BCUT2D eigenvalue weighted by Crippen LogP contribution is -2.45. The highest BCUT2D eigenvalue weighted by atomic mass is 35.5. The number of esters is 1. The van der Waals surface area contributed by atoms with Gasteiger partial charge in [-0.3, -0.25) is 0 Å². The van der Waals surface area contributed by atoms with Crippen molar-refractivity contribution in [3.05, 3.63) is 34.0 Å². The number of fused-ring (bicyclic) bond motifs is 1. The Morgan fingerprint density at radius 2 is 2.05 bits per heavy atom. The summed E-state index contributed by atoms with van der Waals surface area (Å²) >= 11 is 6.27. The molecule has 1 aromatic carbocycles. The molecule has 0 aliphatic carbocycles. The van der Waals surface area contributed by atoms with Crippen LogP contribution >= 0.6 is 11.6 Å². The van der Waals surface area contributed by atoms with Gasteiger partial charge in [0.25, 0.3) is 0 Å². The number of amides is 2. The van der Waals surface area contributed by atoms with Crippen LogP contribution in [0.5, 0.6) is 11.5 Å². The van der Waals surface area contributed by atoms with Crippen LogP contribution in [0.4, 0.5) is 4.79 Å². The second kappa shape index (κ2) is 5.42. The molecule has 0 unspecified atom stereocenters. The van der Waals surface area contributed by atoms with Crippen molar-refractivity contribution in [2.45, 2.75) is 13.0 Å². The summed E-state index contributed by atoms with van der Waals surface area (Å²) in [6, 6.07) is 2.08. The van der Waals surface area contributed by atoms with Crippen molar-refractivity contribution in [2.24, 2.45) is 0 Å². The third-order valence-electron chi connectivity index (χ3n) is 3.48. The van der Waals surface area contributed by atoms with Gasteiger partial charge in [0.1, 0.15) is 0 Å². The summed E-state index contributed by atoms with van der Waals surface area (Å²) in [5.41, 5.74) is 1.22. The summed E-state index contributed by atoms with van der Waals surface area (Å²) in [4.78, 5) is 23.8. The summed E-state index contributed by atoms with van der Waals surface area (Å²) in [5.74, 6) is 0.479. The number of hydrogen-bond acceptors (Lipinski definition) is 5. The summed E-state index contributed by atoms with van der Waals surface area (Å²) in [5, 5.41) is 5.57. The highest BCUT2D eigenvalue weighted by molar-refractivity contribution is 6.31. The molecule has 8 heteroatoms. The van der Waals surface area contributed by atoms with Crippen LogP contribution in [-0.4, -0.2) is 25.9 Å². The molecule has 116 valence electrons. The Balaban J connectivity index is 2.10. The maximum Gasteiger partial charge on any atom is 0.337 e. The van der Waals surface area contributed by atoms with Gasteiger partial charge in [-0.2, -0.15) is 0 Å². The van der Waals surface area contributed by atoms with Gasteiger partial charge in [-0.15, -0.1) is 0 Å². The van der Waals surface area contributed by atoms with Gasteiger partial charge >= 0.3 is 12.0 Å². The number of hydrogen-bond donors (Lipinski definition) is 2. The molecule has 1 atom stereocenters. The van der Waals surface area contributed by atoms with Gasteiger partial charge in [-0.25, -0.2) is 9.59 Å². The predicted molar refractivity (Wildman–Crippen MR) is 76.7 cm³/mol. The maximum atomic E-state index is 12.0. The third-order valence-corrected chi connectivity index (χ3v) is 3.80. The van der Waals surface area contributed by atoms with Crippen LogP contribution in [0.3, 0.4) is 0 Å². The molecule has 3 rings (SSSR count). The molecule has 7 nitrogen and oxygen atoms in total.